The number of rotatable bonds is 7. The summed E-state index contributed by atoms with van der Waals surface area (Å²) in [6.07, 6.45) is -5.43. The highest BCUT2D eigenvalue weighted by Crippen LogP contribution is 2.50. The van der Waals surface area contributed by atoms with Crippen molar-refractivity contribution in [1.82, 2.24) is 4.90 Å². The van der Waals surface area contributed by atoms with Crippen molar-refractivity contribution in [2.24, 2.45) is 0 Å². The number of hydrogen-bond acceptors (Lipinski definition) is 12. The lowest BCUT2D eigenvalue weighted by Gasteiger charge is -2.54. The zero-order chi connectivity index (χ0) is 31.0. The number of carbonyl (C=O) groups excluding carboxylic acids is 5. The molecule has 6 atom stereocenters. The number of nitrogens with zero attached hydrogens (tertiary/aromatic N) is 1. The van der Waals surface area contributed by atoms with E-state index in [2.05, 4.69) is 0 Å². The van der Waals surface area contributed by atoms with E-state index in [9.17, 15) is 24.0 Å². The van der Waals surface area contributed by atoms with Crippen molar-refractivity contribution in [3.8, 4) is 17.2 Å². The van der Waals surface area contributed by atoms with Crippen LogP contribution in [0.25, 0.3) is 0 Å². The summed E-state index contributed by atoms with van der Waals surface area (Å²) in [5, 5.41) is 0. The Labute approximate surface area is 246 Å². The summed E-state index contributed by atoms with van der Waals surface area (Å²) in [7, 11) is 1.53. The van der Waals surface area contributed by atoms with Gasteiger partial charge in [0.25, 0.3) is 5.91 Å². The lowest BCUT2D eigenvalue weighted by molar-refractivity contribution is -0.223. The van der Waals surface area contributed by atoms with Gasteiger partial charge >= 0.3 is 23.9 Å². The summed E-state index contributed by atoms with van der Waals surface area (Å²) in [5.74, 6) is -3.04. The molecule has 0 radical (unpaired) electrons. The van der Waals surface area contributed by atoms with Crippen molar-refractivity contribution >= 4 is 29.8 Å². The Morgan fingerprint density at radius 1 is 0.767 bits per heavy atom. The first-order valence-corrected chi connectivity index (χ1v) is 13.5. The van der Waals surface area contributed by atoms with Crippen LogP contribution in [0.4, 0.5) is 0 Å². The minimum atomic E-state index is -1.43. The first kappa shape index (κ1) is 29.7. The lowest BCUT2D eigenvalue weighted by atomic mass is 9.68. The Bertz CT molecular complexity index is 1450. The number of fused-ring (bicyclic) bond motifs is 4. The zero-order valence-electron chi connectivity index (χ0n) is 24.2. The van der Waals surface area contributed by atoms with E-state index in [1.54, 1.807) is 36.4 Å². The predicted molar refractivity (Wildman–Crippen MR) is 144 cm³/mol. The van der Waals surface area contributed by atoms with Gasteiger partial charge in [-0.15, -0.1) is 0 Å². The molecule has 0 aromatic heterocycles. The van der Waals surface area contributed by atoms with Crippen LogP contribution in [0.1, 0.15) is 55.1 Å². The third-order valence-electron chi connectivity index (χ3n) is 7.51. The largest absolute Gasteiger partial charge is 0.497 e. The smallest absolute Gasteiger partial charge is 0.303 e. The fourth-order valence-electron chi connectivity index (χ4n) is 6.03. The van der Waals surface area contributed by atoms with E-state index >= 15 is 0 Å². The van der Waals surface area contributed by atoms with Gasteiger partial charge in [-0.05, 0) is 35.4 Å². The molecule has 5 rings (SSSR count). The molecule has 0 bridgehead atoms. The Morgan fingerprint density at radius 2 is 1.28 bits per heavy atom. The van der Waals surface area contributed by atoms with Crippen molar-refractivity contribution in [3.63, 3.8) is 0 Å². The molecule has 228 valence electrons. The van der Waals surface area contributed by atoms with Crippen molar-refractivity contribution in [1.29, 1.82) is 0 Å². The Morgan fingerprint density at radius 3 is 1.84 bits per heavy atom. The fraction of sp³-hybridized carbons (Fsp3) is 0.433. The first-order chi connectivity index (χ1) is 20.5. The topological polar surface area (TPSA) is 153 Å². The van der Waals surface area contributed by atoms with Gasteiger partial charge in [-0.3, -0.25) is 24.0 Å². The van der Waals surface area contributed by atoms with Crippen LogP contribution in [0, 0.1) is 0 Å². The van der Waals surface area contributed by atoms with Crippen LogP contribution in [-0.2, 0) is 44.7 Å². The molecule has 13 heteroatoms. The fourth-order valence-corrected chi connectivity index (χ4v) is 6.03. The molecule has 2 aromatic carbocycles. The molecule has 3 aliphatic rings. The summed E-state index contributed by atoms with van der Waals surface area (Å²) in [6, 6.07) is 9.11. The molecule has 0 spiro atoms. The SMILES string of the molecule is COc1ccc(CN2C(=O)c3cc4c(cc3[C@H]3[C@@H](OC(C)=O)[C@H](OC(C)=O)[C@@H](OC(C)=O)[C@@H](OC(C)=O)[C@@H]32)OCO4)cc1. The van der Waals surface area contributed by atoms with E-state index < -0.39 is 66.2 Å². The highest BCUT2D eigenvalue weighted by Gasteiger charge is 2.62. The molecule has 1 amide bonds. The van der Waals surface area contributed by atoms with Crippen molar-refractivity contribution in [3.05, 3.63) is 53.1 Å². The summed E-state index contributed by atoms with van der Waals surface area (Å²) < 4.78 is 39.2. The maximum Gasteiger partial charge on any atom is 0.303 e. The number of esters is 4. The lowest BCUT2D eigenvalue weighted by Crippen LogP contribution is -2.69. The second kappa shape index (κ2) is 11.8. The van der Waals surface area contributed by atoms with E-state index in [4.69, 9.17) is 33.2 Å². The third-order valence-corrected chi connectivity index (χ3v) is 7.51. The Hall–Kier alpha value is -4.81. The van der Waals surface area contributed by atoms with E-state index in [-0.39, 0.29) is 18.9 Å². The minimum Gasteiger partial charge on any atom is -0.497 e. The van der Waals surface area contributed by atoms with Gasteiger partial charge in [-0.25, -0.2) is 0 Å². The average molecular weight is 598 g/mol. The summed E-state index contributed by atoms with van der Waals surface area (Å²) in [6.45, 7) is 4.60. The number of amides is 1. The summed E-state index contributed by atoms with van der Waals surface area (Å²) in [4.78, 5) is 65.5. The highest BCUT2D eigenvalue weighted by molar-refractivity contribution is 5.98. The van der Waals surface area contributed by atoms with Gasteiger partial charge in [-0.2, -0.15) is 0 Å². The van der Waals surface area contributed by atoms with Gasteiger partial charge in [0.1, 0.15) is 5.75 Å². The van der Waals surface area contributed by atoms with Crippen LogP contribution in [0.15, 0.2) is 36.4 Å². The molecule has 1 saturated carbocycles. The third kappa shape index (κ3) is 5.79. The summed E-state index contributed by atoms with van der Waals surface area (Å²) in [5.41, 5.74) is 1.33. The molecule has 13 nitrogen and oxygen atoms in total. The quantitative estimate of drug-likeness (QED) is 0.340. The van der Waals surface area contributed by atoms with Crippen molar-refractivity contribution in [2.45, 2.75) is 70.6 Å². The van der Waals surface area contributed by atoms with Crippen LogP contribution in [0.2, 0.25) is 0 Å². The average Bonchev–Trinajstić information content (AvgIpc) is 3.40. The monoisotopic (exact) mass is 597 g/mol. The molecular weight excluding hydrogens is 566 g/mol. The number of benzene rings is 2. The molecule has 1 aliphatic carbocycles. The van der Waals surface area contributed by atoms with Gasteiger partial charge in [0.05, 0.1) is 19.1 Å². The van der Waals surface area contributed by atoms with Gasteiger partial charge in [0.2, 0.25) is 6.79 Å². The van der Waals surface area contributed by atoms with Crippen LogP contribution in [0.3, 0.4) is 0 Å². The Kier molecular flexibility index (Phi) is 8.16. The maximum absolute atomic E-state index is 14.3. The molecular formula is C30H31NO12. The molecule has 1 fully saturated rings. The molecule has 43 heavy (non-hydrogen) atoms. The van der Waals surface area contributed by atoms with E-state index in [0.717, 1.165) is 13.8 Å². The van der Waals surface area contributed by atoms with Gasteiger partial charge in [-0.1, -0.05) is 12.1 Å². The molecule has 0 saturated heterocycles. The van der Waals surface area contributed by atoms with Gasteiger partial charge in [0.15, 0.2) is 35.9 Å². The minimum absolute atomic E-state index is 0.0213. The standard InChI is InChI=1S/C30H31NO12/c1-14(32)40-26-24-20-10-22-23(39-13-38-22)11-21(20)30(36)31(12-18-6-8-19(37-5)9-7-18)25(24)27(41-15(2)33)29(43-17(4)35)28(26)42-16(3)34/h6-11,24-29H,12-13H2,1-5H3/t24-,25-,26-,27+,28+,29+/m1/s1. The normalized spacial score (nSPS) is 25.1. The van der Waals surface area contributed by atoms with Crippen molar-refractivity contribution < 1.29 is 57.1 Å². The maximum atomic E-state index is 14.3. The van der Waals surface area contributed by atoms with Crippen LogP contribution in [-0.4, -0.2) is 79.0 Å². The predicted octanol–water partition coefficient (Wildman–Crippen LogP) is 2.27. The van der Waals surface area contributed by atoms with Gasteiger partial charge in [0, 0.05) is 39.8 Å². The summed E-state index contributed by atoms with van der Waals surface area (Å²) >= 11 is 0. The number of methoxy groups -OCH3 is 1. The first-order valence-electron chi connectivity index (χ1n) is 13.5. The van der Waals surface area contributed by atoms with E-state index in [1.165, 1.54) is 25.9 Å². The Balaban J connectivity index is 1.75. The van der Waals surface area contributed by atoms with Crippen LogP contribution < -0.4 is 14.2 Å². The van der Waals surface area contributed by atoms with E-state index in [0.29, 0.717) is 28.4 Å². The number of hydrogen-bond donors (Lipinski definition) is 0. The number of ether oxygens (including phenoxy) is 7. The van der Waals surface area contributed by atoms with Crippen molar-refractivity contribution in [2.75, 3.05) is 13.9 Å². The molecule has 0 unspecified atom stereocenters. The molecule has 2 aromatic rings. The number of carbonyl (C=O) groups is 5. The molecule has 0 N–H and O–H groups in total. The van der Waals surface area contributed by atoms with Crippen LogP contribution in [0.5, 0.6) is 17.2 Å². The zero-order valence-corrected chi connectivity index (χ0v) is 24.2. The van der Waals surface area contributed by atoms with E-state index in [1.807, 2.05) is 0 Å². The molecule has 2 aliphatic heterocycles. The molecule has 2 heterocycles. The van der Waals surface area contributed by atoms with Crippen LogP contribution >= 0.6 is 0 Å². The second-order valence-corrected chi connectivity index (χ2v) is 10.4. The second-order valence-electron chi connectivity index (χ2n) is 10.4. The van der Waals surface area contributed by atoms with Gasteiger partial charge < -0.3 is 38.1 Å². The highest BCUT2D eigenvalue weighted by atomic mass is 16.7.